The van der Waals surface area contributed by atoms with Crippen molar-refractivity contribution in [1.82, 2.24) is 19.5 Å². The summed E-state index contributed by atoms with van der Waals surface area (Å²) >= 11 is 5.36. The van der Waals surface area contributed by atoms with Crippen molar-refractivity contribution in [2.24, 2.45) is 0 Å². The van der Waals surface area contributed by atoms with Gasteiger partial charge in [0, 0.05) is 6.42 Å². The van der Waals surface area contributed by atoms with E-state index >= 15 is 0 Å². The Balaban J connectivity index is 1.04. The van der Waals surface area contributed by atoms with Crippen molar-refractivity contribution in [1.29, 1.82) is 0 Å². The van der Waals surface area contributed by atoms with Gasteiger partial charge in [-0.3, -0.25) is 27.9 Å². The van der Waals surface area contributed by atoms with Crippen molar-refractivity contribution in [2.75, 3.05) is 18.9 Å². The highest BCUT2D eigenvalue weighted by atomic mass is 32.5. The molecule has 0 radical (unpaired) electrons. The van der Waals surface area contributed by atoms with Crippen molar-refractivity contribution in [3.8, 4) is 0 Å². The molecule has 3 saturated heterocycles. The number of hydrogen-bond acceptors (Lipinski definition) is 13. The number of aromatic amines is 1. The molecule has 9 rings (SSSR count). The highest BCUT2D eigenvalue weighted by molar-refractivity contribution is 8.07. The van der Waals surface area contributed by atoms with Crippen LogP contribution in [0.1, 0.15) is 24.3 Å². The fourth-order valence-electron chi connectivity index (χ4n) is 7.26. The maximum Gasteiger partial charge on any atom is 0.472 e. The first kappa shape index (κ1) is 32.5. The van der Waals surface area contributed by atoms with Crippen molar-refractivity contribution < 1.29 is 47.0 Å². The molecule has 19 heteroatoms. The number of fused-ring (bicyclic) bond motifs is 4. The molecule has 3 aliphatic heterocycles. The molecule has 6 N–H and O–H groups in total. The summed E-state index contributed by atoms with van der Waals surface area (Å²) in [5, 5.41) is 17.7. The van der Waals surface area contributed by atoms with Crippen molar-refractivity contribution in [3.05, 3.63) is 76.8 Å². The minimum Gasteiger partial charge on any atom is -0.387 e. The monoisotopic (exact) mass is 741 g/mol. The van der Waals surface area contributed by atoms with Gasteiger partial charge in [-0.15, -0.1) is 0 Å². The van der Waals surface area contributed by atoms with E-state index in [9.17, 15) is 24.3 Å². The normalized spacial score (nSPS) is 33.9. The number of rotatable bonds is 2. The lowest BCUT2D eigenvalue weighted by Gasteiger charge is -2.27. The SMILES string of the molecule is Nc1nc2c(ncn2[C@@H]2O[C@@H]3COP(=O)(O)OC4C[C@H](c5ccc6ccc7cccc8ccc5c6c78)O[C@@H]4COP(O)(=S)OC2[C@H]3O)c(=O)[nH]1. The van der Waals surface area contributed by atoms with E-state index in [0.29, 0.717) is 0 Å². The smallest absolute Gasteiger partial charge is 0.387 e. The molecule has 0 amide bonds. The number of aliphatic hydroxyl groups is 1. The molecule has 16 nitrogen and oxygen atoms in total. The molecule has 3 aliphatic rings. The summed E-state index contributed by atoms with van der Waals surface area (Å²) in [4.78, 5) is 45.0. The first-order valence-corrected chi connectivity index (χ1v) is 19.7. The Labute approximate surface area is 286 Å². The van der Waals surface area contributed by atoms with Crippen LogP contribution < -0.4 is 11.3 Å². The van der Waals surface area contributed by atoms with Crippen LogP contribution in [-0.2, 0) is 43.9 Å². The minimum absolute atomic E-state index is 0.0110. The highest BCUT2D eigenvalue weighted by Crippen LogP contribution is 2.54. The van der Waals surface area contributed by atoms with Crippen molar-refractivity contribution in [3.63, 3.8) is 0 Å². The Morgan fingerprint density at radius 1 is 0.920 bits per heavy atom. The van der Waals surface area contributed by atoms with Gasteiger partial charge in [-0.1, -0.05) is 54.6 Å². The largest absolute Gasteiger partial charge is 0.472 e. The van der Waals surface area contributed by atoms with E-state index in [0.717, 1.165) is 37.9 Å². The van der Waals surface area contributed by atoms with Gasteiger partial charge in [0.2, 0.25) is 5.95 Å². The maximum atomic E-state index is 13.4. The number of nitrogen functional groups attached to an aromatic ring is 1. The van der Waals surface area contributed by atoms with E-state index in [-0.39, 0.29) is 30.1 Å². The van der Waals surface area contributed by atoms with Gasteiger partial charge in [0.05, 0.1) is 25.6 Å². The maximum absolute atomic E-state index is 13.4. The van der Waals surface area contributed by atoms with Crippen LogP contribution in [-0.4, -0.2) is 78.1 Å². The summed E-state index contributed by atoms with van der Waals surface area (Å²) in [6, 6.07) is 18.4. The molecular weight excluding hydrogens is 712 g/mol. The van der Waals surface area contributed by atoms with Crippen LogP contribution in [0.2, 0.25) is 0 Å². The Morgan fingerprint density at radius 2 is 1.64 bits per heavy atom. The number of benzene rings is 4. The average Bonchev–Trinajstić information content (AvgIpc) is 3.76. The second-order valence-corrected chi connectivity index (χ2v) is 16.7. The number of ether oxygens (including phenoxy) is 2. The second-order valence-electron chi connectivity index (χ2n) is 12.5. The number of nitrogens with two attached hydrogens (primary N) is 1. The molecule has 4 unspecified atom stereocenters. The van der Waals surface area contributed by atoms with Crippen molar-refractivity contribution in [2.45, 2.75) is 49.3 Å². The lowest BCUT2D eigenvalue weighted by Crippen LogP contribution is -2.35. The van der Waals surface area contributed by atoms with Gasteiger partial charge in [0.1, 0.15) is 30.5 Å². The topological polar surface area (TPSA) is 223 Å². The molecule has 4 aromatic carbocycles. The van der Waals surface area contributed by atoms with Crippen LogP contribution in [0.4, 0.5) is 5.95 Å². The Kier molecular flexibility index (Phi) is 7.68. The number of nitrogens with zero attached hydrogens (tertiary/aromatic N) is 3. The molecule has 260 valence electrons. The molecule has 2 bridgehead atoms. The highest BCUT2D eigenvalue weighted by Gasteiger charge is 2.51. The molecule has 9 atom stereocenters. The fraction of sp³-hybridized carbons (Fsp3) is 0.323. The molecule has 2 aromatic heterocycles. The van der Waals surface area contributed by atoms with E-state index in [4.69, 9.17) is 45.1 Å². The fourth-order valence-corrected chi connectivity index (χ4v) is 9.63. The minimum atomic E-state index is -4.80. The van der Waals surface area contributed by atoms with E-state index in [2.05, 4.69) is 45.3 Å². The van der Waals surface area contributed by atoms with E-state index < -0.39 is 69.6 Å². The summed E-state index contributed by atoms with van der Waals surface area (Å²) in [6.07, 6.45) is -6.81. The zero-order valence-corrected chi connectivity index (χ0v) is 28.4. The Hall–Kier alpha value is -3.41. The number of hydrogen-bond donors (Lipinski definition) is 5. The first-order chi connectivity index (χ1) is 23.9. The molecule has 3 fully saturated rings. The van der Waals surface area contributed by atoms with Gasteiger partial charge in [-0.05, 0) is 49.7 Å². The number of anilines is 1. The number of nitrogens with one attached hydrogen (secondary N) is 1. The predicted octanol–water partition coefficient (Wildman–Crippen LogP) is 3.52. The van der Waals surface area contributed by atoms with Crippen LogP contribution in [0.5, 0.6) is 0 Å². The first-order valence-electron chi connectivity index (χ1n) is 15.6. The van der Waals surface area contributed by atoms with E-state index in [1.54, 1.807) is 0 Å². The third-order valence-corrected chi connectivity index (χ3v) is 12.0. The van der Waals surface area contributed by atoms with Crippen LogP contribution in [0.15, 0.2) is 65.7 Å². The zero-order valence-electron chi connectivity index (χ0n) is 25.8. The van der Waals surface area contributed by atoms with Crippen molar-refractivity contribution >= 4 is 75.8 Å². The summed E-state index contributed by atoms with van der Waals surface area (Å²) in [5.74, 6) is -0.206. The standard InChI is InChI=1S/C31H29N5O11P2S/c32-31-34-28-25(29(38)35-31)33-13-36(28)30-27-26(37)22(45-30)12-42-48(39,40)46-20-10-19(44-21(20)11-43-49(41,50)47-27)17-8-6-16-5-4-14-2-1-3-15-7-9-18(17)24(16)23(14)15/h1-9,13,19-22,26-27,30,37H,10-12H2,(H,39,40)(H,41,50)(H3,32,34,35,38)/t19-,20?,21-,22-,26+,27?,30-,49?/m1/s1. The number of H-pyrrole nitrogens is 1. The summed E-state index contributed by atoms with van der Waals surface area (Å²) < 4.78 is 49.6. The number of imidazole rings is 1. The zero-order chi connectivity index (χ0) is 34.5. The van der Waals surface area contributed by atoms with E-state index in [1.165, 1.54) is 10.9 Å². The van der Waals surface area contributed by atoms with Gasteiger partial charge in [-0.2, -0.15) is 4.98 Å². The van der Waals surface area contributed by atoms with Crippen LogP contribution in [0.3, 0.4) is 0 Å². The number of phosphoric acid groups is 1. The van der Waals surface area contributed by atoms with Gasteiger partial charge in [0.15, 0.2) is 17.4 Å². The molecule has 0 aliphatic carbocycles. The number of aliphatic hydroxyl groups excluding tert-OH is 1. The van der Waals surface area contributed by atoms with E-state index in [1.807, 2.05) is 24.3 Å². The lowest BCUT2D eigenvalue weighted by atomic mass is 9.90. The molecule has 50 heavy (non-hydrogen) atoms. The quantitative estimate of drug-likeness (QED) is 0.127. The number of aromatic nitrogens is 4. The van der Waals surface area contributed by atoms with Crippen LogP contribution in [0, 0.1) is 0 Å². The van der Waals surface area contributed by atoms with Gasteiger partial charge >= 0.3 is 14.5 Å². The molecular formula is C31H29N5O11P2S. The summed E-state index contributed by atoms with van der Waals surface area (Å²) in [5.41, 5.74) is 5.88. The predicted molar refractivity (Wildman–Crippen MR) is 183 cm³/mol. The summed E-state index contributed by atoms with van der Waals surface area (Å²) in [6.45, 7) is -5.18. The molecule has 6 aromatic rings. The molecule has 0 saturated carbocycles. The summed E-state index contributed by atoms with van der Waals surface area (Å²) in [7, 11) is -4.80. The third-order valence-electron chi connectivity index (χ3n) is 9.47. The average molecular weight is 742 g/mol. The molecule has 0 spiro atoms. The third kappa shape index (κ3) is 5.46. The van der Waals surface area contributed by atoms with Gasteiger partial charge in [0.25, 0.3) is 5.56 Å². The van der Waals surface area contributed by atoms with Gasteiger partial charge < -0.3 is 34.6 Å². The second kappa shape index (κ2) is 11.8. The molecule has 5 heterocycles. The Bertz CT molecular complexity index is 2450. The van der Waals surface area contributed by atoms with Crippen LogP contribution >= 0.6 is 14.5 Å². The Morgan fingerprint density at radius 3 is 2.44 bits per heavy atom. The lowest BCUT2D eigenvalue weighted by molar-refractivity contribution is -0.0597. The number of phosphoric ester groups is 1. The van der Waals surface area contributed by atoms with Crippen LogP contribution in [0.25, 0.3) is 43.5 Å². The van der Waals surface area contributed by atoms with Gasteiger partial charge in [-0.25, -0.2) is 9.55 Å².